The Morgan fingerprint density at radius 2 is 1.75 bits per heavy atom. The number of hydrogen-bond acceptors (Lipinski definition) is 2. The second kappa shape index (κ2) is 6.51. The minimum atomic E-state index is 0.193. The lowest BCUT2D eigenvalue weighted by molar-refractivity contribution is 0.627. The van der Waals surface area contributed by atoms with Crippen LogP contribution in [-0.4, -0.2) is 11.5 Å². The average molecular weight is 333 g/mol. The van der Waals surface area contributed by atoms with Crippen LogP contribution in [0.15, 0.2) is 34.9 Å². The summed E-state index contributed by atoms with van der Waals surface area (Å²) in [4.78, 5) is 4.42. The van der Waals surface area contributed by atoms with Gasteiger partial charge in [0.1, 0.15) is 0 Å². The van der Waals surface area contributed by atoms with Crippen molar-refractivity contribution in [3.05, 3.63) is 62.9 Å². The van der Waals surface area contributed by atoms with Gasteiger partial charge >= 0.3 is 0 Å². The van der Waals surface area contributed by atoms with Gasteiger partial charge in [-0.3, -0.25) is 4.98 Å². The standard InChI is InChI=1S/C17H21BrN2/c1-5-19-17(14-7-6-13(4)20-10-14)15-8-11(2)16(18)12(3)9-15/h6-10,17,19H,5H2,1-4H3. The molecule has 0 aliphatic carbocycles. The van der Waals surface area contributed by atoms with Gasteiger partial charge in [-0.1, -0.05) is 41.1 Å². The van der Waals surface area contributed by atoms with Crippen molar-refractivity contribution in [2.45, 2.75) is 33.7 Å². The molecule has 0 aliphatic rings. The first-order valence-corrected chi connectivity index (χ1v) is 7.74. The van der Waals surface area contributed by atoms with Crippen molar-refractivity contribution in [2.75, 3.05) is 6.54 Å². The zero-order valence-corrected chi connectivity index (χ0v) is 14.1. The van der Waals surface area contributed by atoms with E-state index in [1.54, 1.807) is 0 Å². The molecule has 1 N–H and O–H groups in total. The second-order valence-electron chi connectivity index (χ2n) is 5.19. The van der Waals surface area contributed by atoms with E-state index < -0.39 is 0 Å². The first-order valence-electron chi connectivity index (χ1n) is 6.95. The van der Waals surface area contributed by atoms with Crippen LogP contribution in [0.1, 0.15) is 40.9 Å². The minimum absolute atomic E-state index is 0.193. The lowest BCUT2D eigenvalue weighted by atomic mass is 9.96. The predicted octanol–water partition coefficient (Wildman–Crippen LogP) is 4.47. The summed E-state index contributed by atoms with van der Waals surface area (Å²) in [5, 5.41) is 3.55. The average Bonchev–Trinajstić information content (AvgIpc) is 2.43. The molecule has 0 spiro atoms. The summed E-state index contributed by atoms with van der Waals surface area (Å²) >= 11 is 3.63. The molecule has 20 heavy (non-hydrogen) atoms. The molecule has 0 radical (unpaired) electrons. The largest absolute Gasteiger partial charge is 0.306 e. The van der Waals surface area contributed by atoms with Crippen molar-refractivity contribution in [3.63, 3.8) is 0 Å². The van der Waals surface area contributed by atoms with E-state index in [0.717, 1.165) is 12.2 Å². The number of aryl methyl sites for hydroxylation is 3. The molecule has 1 aromatic carbocycles. The number of hydrogen-bond donors (Lipinski definition) is 1. The summed E-state index contributed by atoms with van der Waals surface area (Å²) in [7, 11) is 0. The predicted molar refractivity (Wildman–Crippen MR) is 88.1 cm³/mol. The number of nitrogens with one attached hydrogen (secondary N) is 1. The fourth-order valence-electron chi connectivity index (χ4n) is 2.43. The molecule has 0 bridgehead atoms. The summed E-state index contributed by atoms with van der Waals surface area (Å²) in [5.41, 5.74) is 6.08. The highest BCUT2D eigenvalue weighted by Gasteiger charge is 2.15. The minimum Gasteiger partial charge on any atom is -0.306 e. The zero-order valence-electron chi connectivity index (χ0n) is 12.5. The van der Waals surface area contributed by atoms with Crippen molar-refractivity contribution < 1.29 is 0 Å². The molecule has 3 heteroatoms. The number of aromatic nitrogens is 1. The van der Waals surface area contributed by atoms with Gasteiger partial charge in [0, 0.05) is 16.4 Å². The summed E-state index contributed by atoms with van der Waals surface area (Å²) in [6.07, 6.45) is 1.97. The monoisotopic (exact) mass is 332 g/mol. The van der Waals surface area contributed by atoms with Crippen LogP contribution >= 0.6 is 15.9 Å². The van der Waals surface area contributed by atoms with Crippen LogP contribution in [0, 0.1) is 20.8 Å². The lowest BCUT2D eigenvalue weighted by Crippen LogP contribution is -2.22. The third-order valence-corrected chi connectivity index (χ3v) is 4.72. The third-order valence-electron chi connectivity index (χ3n) is 3.47. The van der Waals surface area contributed by atoms with Gasteiger partial charge in [0.25, 0.3) is 0 Å². The van der Waals surface area contributed by atoms with Gasteiger partial charge in [0.15, 0.2) is 0 Å². The van der Waals surface area contributed by atoms with E-state index >= 15 is 0 Å². The number of pyridine rings is 1. The summed E-state index contributed by atoms with van der Waals surface area (Å²) in [5.74, 6) is 0. The fourth-order valence-corrected chi connectivity index (χ4v) is 2.66. The summed E-state index contributed by atoms with van der Waals surface area (Å²) < 4.78 is 1.19. The molecule has 0 fully saturated rings. The van der Waals surface area contributed by atoms with E-state index in [1.807, 2.05) is 13.1 Å². The normalized spacial score (nSPS) is 12.4. The van der Waals surface area contributed by atoms with Crippen molar-refractivity contribution >= 4 is 15.9 Å². The summed E-state index contributed by atoms with van der Waals surface area (Å²) in [6.45, 7) is 9.34. The molecule has 1 heterocycles. The lowest BCUT2D eigenvalue weighted by Gasteiger charge is -2.20. The maximum Gasteiger partial charge on any atom is 0.0592 e. The van der Waals surface area contributed by atoms with Crippen LogP contribution < -0.4 is 5.32 Å². The highest BCUT2D eigenvalue weighted by atomic mass is 79.9. The van der Waals surface area contributed by atoms with E-state index in [-0.39, 0.29) is 6.04 Å². The maximum absolute atomic E-state index is 4.42. The molecule has 1 atom stereocenters. The van der Waals surface area contributed by atoms with Crippen molar-refractivity contribution in [1.82, 2.24) is 10.3 Å². The SMILES string of the molecule is CCNC(c1ccc(C)nc1)c1cc(C)c(Br)c(C)c1. The molecule has 1 unspecified atom stereocenters. The molecule has 0 aliphatic heterocycles. The Kier molecular flexibility index (Phi) is 4.95. The Balaban J connectivity index is 2.45. The van der Waals surface area contributed by atoms with Gasteiger partial charge in [0.05, 0.1) is 6.04 Å². The Hall–Kier alpha value is -1.19. The highest BCUT2D eigenvalue weighted by Crippen LogP contribution is 2.28. The first-order chi connectivity index (χ1) is 9.52. The van der Waals surface area contributed by atoms with Gasteiger partial charge in [-0.2, -0.15) is 0 Å². The first kappa shape index (κ1) is 15.2. The van der Waals surface area contributed by atoms with Crippen LogP contribution in [-0.2, 0) is 0 Å². The second-order valence-corrected chi connectivity index (χ2v) is 5.99. The molecule has 106 valence electrons. The number of benzene rings is 1. The van der Waals surface area contributed by atoms with E-state index in [4.69, 9.17) is 0 Å². The fraction of sp³-hybridized carbons (Fsp3) is 0.353. The maximum atomic E-state index is 4.42. The molecular weight excluding hydrogens is 312 g/mol. The molecular formula is C17H21BrN2. The van der Waals surface area contributed by atoms with Crippen molar-refractivity contribution in [3.8, 4) is 0 Å². The highest BCUT2D eigenvalue weighted by molar-refractivity contribution is 9.10. The topological polar surface area (TPSA) is 24.9 Å². The van der Waals surface area contributed by atoms with Crippen LogP contribution in [0.5, 0.6) is 0 Å². The number of rotatable bonds is 4. The molecule has 0 saturated carbocycles. The van der Waals surface area contributed by atoms with Crippen molar-refractivity contribution in [1.29, 1.82) is 0 Å². The van der Waals surface area contributed by atoms with E-state index in [9.17, 15) is 0 Å². The Bertz CT molecular complexity index is 567. The number of nitrogens with zero attached hydrogens (tertiary/aromatic N) is 1. The van der Waals surface area contributed by atoms with Gasteiger partial charge in [-0.15, -0.1) is 0 Å². The van der Waals surface area contributed by atoms with E-state index in [0.29, 0.717) is 0 Å². The third kappa shape index (κ3) is 3.28. The quantitative estimate of drug-likeness (QED) is 0.893. The molecule has 0 amide bonds. The Morgan fingerprint density at radius 1 is 1.10 bits per heavy atom. The van der Waals surface area contributed by atoms with Crippen LogP contribution in [0.25, 0.3) is 0 Å². The molecule has 0 saturated heterocycles. The number of halogens is 1. The molecule has 2 rings (SSSR count). The summed E-state index contributed by atoms with van der Waals surface area (Å²) in [6, 6.07) is 8.90. The van der Waals surface area contributed by atoms with Gasteiger partial charge in [0.2, 0.25) is 0 Å². The van der Waals surface area contributed by atoms with Crippen molar-refractivity contribution in [2.24, 2.45) is 0 Å². The van der Waals surface area contributed by atoms with Crippen LogP contribution in [0.2, 0.25) is 0 Å². The van der Waals surface area contributed by atoms with Crippen LogP contribution in [0.3, 0.4) is 0 Å². The molecule has 1 aromatic heterocycles. The van der Waals surface area contributed by atoms with Gasteiger partial charge < -0.3 is 5.32 Å². The Labute approximate surface area is 129 Å². The molecule has 2 aromatic rings. The smallest absolute Gasteiger partial charge is 0.0592 e. The molecule has 2 nitrogen and oxygen atoms in total. The van der Waals surface area contributed by atoms with Gasteiger partial charge in [-0.05, 0) is 55.6 Å². The van der Waals surface area contributed by atoms with Crippen LogP contribution in [0.4, 0.5) is 0 Å². The zero-order chi connectivity index (χ0) is 14.7. The Morgan fingerprint density at radius 3 is 2.25 bits per heavy atom. The van der Waals surface area contributed by atoms with Gasteiger partial charge in [-0.25, -0.2) is 0 Å². The van der Waals surface area contributed by atoms with E-state index in [2.05, 4.69) is 71.3 Å². The van der Waals surface area contributed by atoms with E-state index in [1.165, 1.54) is 26.7 Å².